The Labute approximate surface area is 91.4 Å². The third-order valence-electron chi connectivity index (χ3n) is 2.51. The molecule has 0 amide bonds. The molecule has 0 aromatic carbocycles. The lowest BCUT2D eigenvalue weighted by Crippen LogP contribution is -2.01. The minimum absolute atomic E-state index is 1.06. The first kappa shape index (κ1) is 8.50. The van der Waals surface area contributed by atoms with Gasteiger partial charge in [0.05, 0.1) is 10.6 Å². The summed E-state index contributed by atoms with van der Waals surface area (Å²) in [7, 11) is 0. The fourth-order valence-corrected chi connectivity index (χ4v) is 4.03. The predicted octanol–water partition coefficient (Wildman–Crippen LogP) is 3.75. The SMILES string of the molecule is Cc1cc2c(s1)-c1sccc1NCC2. The van der Waals surface area contributed by atoms with E-state index in [1.165, 1.54) is 25.9 Å². The molecule has 0 bridgehead atoms. The number of hydrogen-bond acceptors (Lipinski definition) is 3. The van der Waals surface area contributed by atoms with Gasteiger partial charge in [0.15, 0.2) is 0 Å². The van der Waals surface area contributed by atoms with Gasteiger partial charge in [-0.25, -0.2) is 0 Å². The Balaban J connectivity index is 2.26. The second kappa shape index (κ2) is 3.11. The molecule has 0 unspecified atom stereocenters. The summed E-state index contributed by atoms with van der Waals surface area (Å²) in [6, 6.07) is 4.51. The summed E-state index contributed by atoms with van der Waals surface area (Å²) in [6.45, 7) is 3.26. The van der Waals surface area contributed by atoms with Crippen molar-refractivity contribution in [3.05, 3.63) is 28.0 Å². The summed E-state index contributed by atoms with van der Waals surface area (Å²) in [6.07, 6.45) is 1.15. The van der Waals surface area contributed by atoms with Gasteiger partial charge in [-0.15, -0.1) is 22.7 Å². The van der Waals surface area contributed by atoms with Crippen molar-refractivity contribution in [2.75, 3.05) is 11.9 Å². The fraction of sp³-hybridized carbons (Fsp3) is 0.273. The zero-order valence-corrected chi connectivity index (χ0v) is 9.60. The van der Waals surface area contributed by atoms with E-state index < -0.39 is 0 Å². The van der Waals surface area contributed by atoms with Crippen LogP contribution in [-0.4, -0.2) is 6.54 Å². The molecule has 0 aliphatic carbocycles. The molecule has 1 aliphatic heterocycles. The molecule has 1 N–H and O–H groups in total. The Morgan fingerprint density at radius 1 is 1.36 bits per heavy atom. The summed E-state index contributed by atoms with van der Waals surface area (Å²) in [4.78, 5) is 4.34. The van der Waals surface area contributed by atoms with Crippen LogP contribution in [0.25, 0.3) is 9.75 Å². The smallest absolute Gasteiger partial charge is 0.0676 e. The van der Waals surface area contributed by atoms with Crippen molar-refractivity contribution in [2.24, 2.45) is 0 Å². The summed E-state index contributed by atoms with van der Waals surface area (Å²) in [5, 5.41) is 5.64. The van der Waals surface area contributed by atoms with E-state index in [-0.39, 0.29) is 0 Å². The van der Waals surface area contributed by atoms with Gasteiger partial charge in [0, 0.05) is 16.3 Å². The van der Waals surface area contributed by atoms with Crippen molar-refractivity contribution in [3.63, 3.8) is 0 Å². The topological polar surface area (TPSA) is 12.0 Å². The van der Waals surface area contributed by atoms with E-state index in [4.69, 9.17) is 0 Å². The van der Waals surface area contributed by atoms with Crippen LogP contribution in [0.2, 0.25) is 0 Å². The summed E-state index contributed by atoms with van der Waals surface area (Å²) in [5.74, 6) is 0. The van der Waals surface area contributed by atoms with Crippen molar-refractivity contribution < 1.29 is 0 Å². The Hall–Kier alpha value is -0.800. The molecule has 1 aliphatic rings. The molecule has 0 spiro atoms. The Bertz CT molecular complexity index is 467. The molecule has 0 atom stereocenters. The zero-order chi connectivity index (χ0) is 9.54. The minimum atomic E-state index is 1.06. The van der Waals surface area contributed by atoms with Gasteiger partial charge in [0.1, 0.15) is 0 Å². The molecule has 2 aromatic rings. The maximum Gasteiger partial charge on any atom is 0.0676 e. The van der Waals surface area contributed by atoms with Gasteiger partial charge >= 0.3 is 0 Å². The van der Waals surface area contributed by atoms with E-state index in [1.807, 2.05) is 22.7 Å². The van der Waals surface area contributed by atoms with Crippen molar-refractivity contribution in [2.45, 2.75) is 13.3 Å². The molecule has 14 heavy (non-hydrogen) atoms. The monoisotopic (exact) mass is 221 g/mol. The highest BCUT2D eigenvalue weighted by Crippen LogP contribution is 2.42. The molecule has 2 aromatic heterocycles. The van der Waals surface area contributed by atoms with Crippen LogP contribution in [0.15, 0.2) is 17.5 Å². The van der Waals surface area contributed by atoms with E-state index in [2.05, 4.69) is 29.8 Å². The van der Waals surface area contributed by atoms with Crippen LogP contribution in [0, 0.1) is 6.92 Å². The lowest BCUT2D eigenvalue weighted by molar-refractivity contribution is 1.04. The molecule has 0 saturated heterocycles. The number of fused-ring (bicyclic) bond motifs is 3. The van der Waals surface area contributed by atoms with Gasteiger partial charge in [-0.05, 0) is 36.4 Å². The van der Waals surface area contributed by atoms with Gasteiger partial charge in [0.25, 0.3) is 0 Å². The number of thiophene rings is 2. The first-order chi connectivity index (χ1) is 6.84. The zero-order valence-electron chi connectivity index (χ0n) is 7.96. The van der Waals surface area contributed by atoms with Crippen LogP contribution in [0.5, 0.6) is 0 Å². The molecular formula is C11H11NS2. The number of hydrogen-bond donors (Lipinski definition) is 1. The van der Waals surface area contributed by atoms with E-state index in [0.29, 0.717) is 0 Å². The van der Waals surface area contributed by atoms with Crippen LogP contribution in [0.4, 0.5) is 5.69 Å². The van der Waals surface area contributed by atoms with Crippen LogP contribution < -0.4 is 5.32 Å². The first-order valence-electron chi connectivity index (χ1n) is 4.75. The Kier molecular flexibility index (Phi) is 1.89. The average molecular weight is 221 g/mol. The second-order valence-electron chi connectivity index (χ2n) is 3.55. The number of nitrogens with one attached hydrogen (secondary N) is 1. The van der Waals surface area contributed by atoms with Crippen LogP contribution in [-0.2, 0) is 6.42 Å². The molecular weight excluding hydrogens is 210 g/mol. The molecule has 3 heterocycles. The van der Waals surface area contributed by atoms with Crippen molar-refractivity contribution in [3.8, 4) is 9.75 Å². The average Bonchev–Trinajstić information content (AvgIpc) is 2.70. The lowest BCUT2D eigenvalue weighted by atomic mass is 10.2. The van der Waals surface area contributed by atoms with Gasteiger partial charge in [-0.1, -0.05) is 0 Å². The molecule has 1 nitrogen and oxygen atoms in total. The molecule has 3 heteroatoms. The number of rotatable bonds is 0. The molecule has 0 fully saturated rings. The predicted molar refractivity (Wildman–Crippen MR) is 64.6 cm³/mol. The maximum atomic E-state index is 3.47. The maximum absolute atomic E-state index is 3.47. The van der Waals surface area contributed by atoms with Crippen LogP contribution >= 0.6 is 22.7 Å². The lowest BCUT2D eigenvalue weighted by Gasteiger charge is -1.99. The van der Waals surface area contributed by atoms with E-state index in [1.54, 1.807) is 0 Å². The van der Waals surface area contributed by atoms with Crippen LogP contribution in [0.3, 0.4) is 0 Å². The largest absolute Gasteiger partial charge is 0.384 e. The van der Waals surface area contributed by atoms with E-state index >= 15 is 0 Å². The third-order valence-corrected chi connectivity index (χ3v) is 4.68. The Morgan fingerprint density at radius 2 is 2.29 bits per heavy atom. The number of anilines is 1. The molecule has 72 valence electrons. The standard InChI is InChI=1S/C11H11NS2/c1-7-6-8-2-4-12-9-3-5-13-11(9)10(8)14-7/h3,5-6,12H,2,4H2,1H3. The van der Waals surface area contributed by atoms with E-state index in [9.17, 15) is 0 Å². The van der Waals surface area contributed by atoms with Gasteiger partial charge in [-0.3, -0.25) is 0 Å². The van der Waals surface area contributed by atoms with Crippen molar-refractivity contribution in [1.82, 2.24) is 0 Å². The van der Waals surface area contributed by atoms with E-state index in [0.717, 1.165) is 13.0 Å². The number of aryl methyl sites for hydroxylation is 1. The van der Waals surface area contributed by atoms with Gasteiger partial charge < -0.3 is 5.32 Å². The highest BCUT2D eigenvalue weighted by Gasteiger charge is 2.17. The first-order valence-corrected chi connectivity index (χ1v) is 6.45. The van der Waals surface area contributed by atoms with Gasteiger partial charge in [-0.2, -0.15) is 0 Å². The Morgan fingerprint density at radius 3 is 3.21 bits per heavy atom. The van der Waals surface area contributed by atoms with Gasteiger partial charge in [0.2, 0.25) is 0 Å². The fourth-order valence-electron chi connectivity index (χ4n) is 1.90. The third kappa shape index (κ3) is 1.20. The van der Waals surface area contributed by atoms with Crippen LogP contribution in [0.1, 0.15) is 10.4 Å². The summed E-state index contributed by atoms with van der Waals surface area (Å²) >= 11 is 3.76. The molecule has 3 rings (SSSR count). The molecule has 0 radical (unpaired) electrons. The molecule has 0 saturated carbocycles. The highest BCUT2D eigenvalue weighted by molar-refractivity contribution is 7.22. The van der Waals surface area contributed by atoms with Crippen molar-refractivity contribution in [1.29, 1.82) is 0 Å². The second-order valence-corrected chi connectivity index (χ2v) is 5.72. The normalized spacial score (nSPS) is 14.1. The van der Waals surface area contributed by atoms with Crippen molar-refractivity contribution >= 4 is 28.4 Å². The minimum Gasteiger partial charge on any atom is -0.384 e. The quantitative estimate of drug-likeness (QED) is 0.714. The summed E-state index contributed by atoms with van der Waals surface area (Å²) < 4.78 is 0. The highest BCUT2D eigenvalue weighted by atomic mass is 32.1. The summed E-state index contributed by atoms with van der Waals surface area (Å²) in [5.41, 5.74) is 2.83.